The van der Waals surface area contributed by atoms with Crippen LogP contribution in [-0.4, -0.2) is 74.5 Å². The van der Waals surface area contributed by atoms with Gasteiger partial charge in [-0.2, -0.15) is 0 Å². The number of nitrogens with two attached hydrogens (primary N) is 1. The Morgan fingerprint density at radius 3 is 2.26 bits per heavy atom. The van der Waals surface area contributed by atoms with Crippen LogP contribution in [0.1, 0.15) is 145 Å². The second-order valence-electron chi connectivity index (χ2n) is 21.1. The van der Waals surface area contributed by atoms with Gasteiger partial charge in [0.25, 0.3) is 0 Å². The van der Waals surface area contributed by atoms with Crippen molar-refractivity contribution in [1.29, 1.82) is 0 Å². The van der Waals surface area contributed by atoms with Crippen molar-refractivity contribution in [2.75, 3.05) is 13.1 Å². The van der Waals surface area contributed by atoms with Crippen LogP contribution in [0, 0.1) is 56.2 Å². The molecule has 1 aromatic rings. The Kier molecular flexibility index (Phi) is 11.7. The molecular formula is C46H70ClN3O7. The maximum atomic E-state index is 13.5. The molecule has 4 fully saturated rings. The van der Waals surface area contributed by atoms with Crippen LogP contribution in [0.25, 0.3) is 0 Å². The van der Waals surface area contributed by atoms with Crippen molar-refractivity contribution in [3.63, 3.8) is 0 Å². The quantitative estimate of drug-likeness (QED) is 0.128. The third-order valence-electron chi connectivity index (χ3n) is 17.2. The molecule has 11 heteroatoms. The first-order valence-corrected chi connectivity index (χ1v) is 21.9. The highest BCUT2D eigenvalue weighted by molar-refractivity contribution is 6.30. The summed E-state index contributed by atoms with van der Waals surface area (Å²) in [6, 6.07) is 3.12. The molecule has 318 valence electrons. The summed E-state index contributed by atoms with van der Waals surface area (Å²) < 4.78 is 6.18. The number of aliphatic hydroxyl groups excluding tert-OH is 2. The number of carbonyl (C=O) groups excluding carboxylic acids is 2. The number of fused-ring (bicyclic) bond motifs is 7. The minimum absolute atomic E-state index is 0.0116. The molecule has 1 amide bonds. The Balaban J connectivity index is 1.30. The normalized spacial score (nSPS) is 37.0. The van der Waals surface area contributed by atoms with E-state index in [9.17, 15) is 29.7 Å². The number of aliphatic carboxylic acids is 1. The van der Waals surface area contributed by atoms with Gasteiger partial charge in [-0.15, -0.1) is 0 Å². The van der Waals surface area contributed by atoms with Gasteiger partial charge in [-0.25, -0.2) is 0 Å². The van der Waals surface area contributed by atoms with Gasteiger partial charge in [0.1, 0.15) is 6.10 Å². The molecule has 1 heterocycles. The number of rotatable bonds is 11. The van der Waals surface area contributed by atoms with Crippen molar-refractivity contribution < 1.29 is 34.4 Å². The molecule has 5 aliphatic rings. The van der Waals surface area contributed by atoms with Crippen LogP contribution in [0.4, 0.5) is 0 Å². The summed E-state index contributed by atoms with van der Waals surface area (Å²) in [7, 11) is 0. The summed E-state index contributed by atoms with van der Waals surface area (Å²) >= 11 is 6.14. The highest BCUT2D eigenvalue weighted by Crippen LogP contribution is 2.77. The Morgan fingerprint density at radius 1 is 0.982 bits per heavy atom. The fourth-order valence-corrected chi connectivity index (χ4v) is 14.0. The lowest BCUT2D eigenvalue weighted by Gasteiger charge is -2.72. The average Bonchev–Trinajstić information content (AvgIpc) is 3.44. The molecule has 0 bridgehead atoms. The van der Waals surface area contributed by atoms with Crippen LogP contribution in [0.3, 0.4) is 0 Å². The SMILES string of the molecule is CC(C)C1=C2C3CCC4C5(C)CCC(OC(=O)CC(C)(C)C(=O)O)C(C)(C)C5CCC4(C)C3(C)CCC2(C(O)CN(C(=O)CN)C(C)c2ccc(Cl)cn2)CC1O. The predicted octanol–water partition coefficient (Wildman–Crippen LogP) is 8.13. The number of esters is 1. The first-order valence-electron chi connectivity index (χ1n) is 21.6. The number of halogens is 1. The lowest BCUT2D eigenvalue weighted by Crippen LogP contribution is -2.66. The van der Waals surface area contributed by atoms with Crippen molar-refractivity contribution in [3.05, 3.63) is 40.2 Å². The maximum absolute atomic E-state index is 13.5. The van der Waals surface area contributed by atoms with Crippen LogP contribution in [0.5, 0.6) is 0 Å². The molecule has 6 rings (SSSR count). The zero-order valence-electron chi connectivity index (χ0n) is 36.2. The number of carboxylic acid groups (broad SMARTS) is 1. The Morgan fingerprint density at radius 2 is 1.67 bits per heavy atom. The number of aromatic nitrogens is 1. The smallest absolute Gasteiger partial charge is 0.309 e. The van der Waals surface area contributed by atoms with Crippen molar-refractivity contribution >= 4 is 29.4 Å². The molecule has 10 nitrogen and oxygen atoms in total. The van der Waals surface area contributed by atoms with Gasteiger partial charge in [0.05, 0.1) is 47.3 Å². The highest BCUT2D eigenvalue weighted by Gasteiger charge is 2.71. The van der Waals surface area contributed by atoms with Crippen LogP contribution < -0.4 is 5.73 Å². The van der Waals surface area contributed by atoms with Gasteiger partial charge in [-0.3, -0.25) is 19.4 Å². The van der Waals surface area contributed by atoms with Gasteiger partial charge in [0.2, 0.25) is 5.91 Å². The second kappa shape index (κ2) is 15.2. The van der Waals surface area contributed by atoms with Gasteiger partial charge in [0, 0.05) is 23.6 Å². The summed E-state index contributed by atoms with van der Waals surface area (Å²) in [6.07, 6.45) is 7.37. The lowest BCUT2D eigenvalue weighted by molar-refractivity contribution is -0.235. The molecule has 0 spiro atoms. The molecule has 0 aliphatic heterocycles. The van der Waals surface area contributed by atoms with Crippen LogP contribution in [-0.2, 0) is 19.1 Å². The van der Waals surface area contributed by atoms with Crippen molar-refractivity contribution in [1.82, 2.24) is 9.88 Å². The number of carbonyl (C=O) groups is 3. The van der Waals surface area contributed by atoms with Gasteiger partial charge < -0.3 is 30.7 Å². The zero-order chi connectivity index (χ0) is 42.3. The van der Waals surface area contributed by atoms with E-state index in [-0.39, 0.29) is 65.0 Å². The second-order valence-corrected chi connectivity index (χ2v) is 21.5. The molecule has 5 aliphatic carbocycles. The molecule has 4 saturated carbocycles. The van der Waals surface area contributed by atoms with Crippen molar-refractivity contribution in [2.45, 2.75) is 158 Å². The molecule has 1 aromatic heterocycles. The van der Waals surface area contributed by atoms with E-state index in [1.165, 1.54) is 5.57 Å². The molecule has 0 aromatic carbocycles. The number of amides is 1. The molecule has 0 saturated heterocycles. The summed E-state index contributed by atoms with van der Waals surface area (Å²) in [5.74, 6) is -0.674. The monoisotopic (exact) mass is 811 g/mol. The van der Waals surface area contributed by atoms with E-state index in [1.54, 1.807) is 37.1 Å². The lowest BCUT2D eigenvalue weighted by atomic mass is 9.33. The first kappa shape index (κ1) is 44.0. The van der Waals surface area contributed by atoms with E-state index in [0.29, 0.717) is 29.0 Å². The third-order valence-corrected chi connectivity index (χ3v) is 17.4. The fourth-order valence-electron chi connectivity index (χ4n) is 13.9. The van der Waals surface area contributed by atoms with Gasteiger partial charge in [-0.05, 0) is 136 Å². The largest absolute Gasteiger partial charge is 0.481 e. The molecule has 11 atom stereocenters. The molecule has 5 N–H and O–H groups in total. The Labute approximate surface area is 345 Å². The number of nitrogens with zero attached hydrogens (tertiary/aromatic N) is 2. The van der Waals surface area contributed by atoms with E-state index in [2.05, 4.69) is 53.5 Å². The zero-order valence-corrected chi connectivity index (χ0v) is 36.9. The Bertz CT molecular complexity index is 1760. The van der Waals surface area contributed by atoms with Crippen molar-refractivity contribution in [2.24, 2.45) is 61.9 Å². The minimum atomic E-state index is -1.19. The number of hydrogen-bond acceptors (Lipinski definition) is 8. The molecule has 11 unspecified atom stereocenters. The fraction of sp³-hybridized carbons (Fsp3) is 0.783. The number of aliphatic hydroxyl groups is 2. The van der Waals surface area contributed by atoms with Gasteiger partial charge in [-0.1, -0.05) is 65.6 Å². The van der Waals surface area contributed by atoms with E-state index in [0.717, 1.165) is 56.9 Å². The van der Waals surface area contributed by atoms with E-state index >= 15 is 0 Å². The van der Waals surface area contributed by atoms with Crippen LogP contribution >= 0.6 is 11.6 Å². The summed E-state index contributed by atoms with van der Waals surface area (Å²) in [5, 5.41) is 34.7. The topological polar surface area (TPSA) is 163 Å². The van der Waals surface area contributed by atoms with E-state index < -0.39 is 41.0 Å². The number of hydrogen-bond donors (Lipinski definition) is 4. The summed E-state index contributed by atoms with van der Waals surface area (Å²) in [6.45, 7) is 21.3. The summed E-state index contributed by atoms with van der Waals surface area (Å²) in [5.41, 5.74) is 6.73. The molecule has 57 heavy (non-hydrogen) atoms. The Hall–Kier alpha value is -2.53. The van der Waals surface area contributed by atoms with Crippen molar-refractivity contribution in [3.8, 4) is 0 Å². The molecular weight excluding hydrogens is 742 g/mol. The predicted molar refractivity (Wildman–Crippen MR) is 221 cm³/mol. The van der Waals surface area contributed by atoms with E-state index in [4.69, 9.17) is 22.1 Å². The summed E-state index contributed by atoms with van der Waals surface area (Å²) in [4.78, 5) is 44.6. The number of pyridine rings is 1. The third kappa shape index (κ3) is 6.98. The first-order chi connectivity index (χ1) is 26.4. The number of ether oxygens (including phenoxy) is 1. The average molecular weight is 813 g/mol. The van der Waals surface area contributed by atoms with Crippen LogP contribution in [0.2, 0.25) is 5.02 Å². The number of carboxylic acids is 1. The standard InChI is InChI=1S/C46H70ClN3O7/c1-26(2)38-31(51)21-46(34(52)25-50(36(53)23-48)27(3)30-13-11-28(47)24-49-30)20-19-44(9)29(39(38)46)12-14-33-43(8)17-16-35(57-37(54)22-41(4,5)40(55)56)42(6,7)32(43)15-18-45(33,44)10/h11,13,24,26-27,29,31-35,51-52H,12,14-23,25,48H2,1-10H3,(H,55,56). The van der Waals surface area contributed by atoms with Gasteiger partial charge in [0.15, 0.2) is 0 Å². The maximum Gasteiger partial charge on any atom is 0.309 e. The molecule has 0 radical (unpaired) electrons. The minimum Gasteiger partial charge on any atom is -0.481 e. The van der Waals surface area contributed by atoms with E-state index in [1.807, 2.05) is 6.92 Å². The van der Waals surface area contributed by atoms with Gasteiger partial charge >= 0.3 is 11.9 Å². The van der Waals surface area contributed by atoms with Crippen LogP contribution in [0.15, 0.2) is 29.5 Å². The highest BCUT2D eigenvalue weighted by atomic mass is 35.5.